The van der Waals surface area contributed by atoms with Gasteiger partial charge in [-0.15, -0.1) is 11.3 Å². The molecule has 2 aromatic carbocycles. The molecule has 0 bridgehead atoms. The molecule has 2 aromatic heterocycles. The molecule has 0 spiro atoms. The Labute approximate surface area is 125 Å². The fraction of sp³-hybridized carbons (Fsp3) is 0.118. The van der Waals surface area contributed by atoms with Gasteiger partial charge in [-0.05, 0) is 18.2 Å². The Kier molecular flexibility index (Phi) is 2.72. The second-order valence-electron chi connectivity index (χ2n) is 4.80. The lowest BCUT2D eigenvalue weighted by atomic mass is 10.1. The third-order valence-electron chi connectivity index (χ3n) is 3.72. The van der Waals surface area contributed by atoms with Crippen LogP contribution in [0.2, 0.25) is 0 Å². The van der Waals surface area contributed by atoms with Gasteiger partial charge in [0.25, 0.3) is 0 Å². The van der Waals surface area contributed by atoms with E-state index < -0.39 is 0 Å². The predicted octanol–water partition coefficient (Wildman–Crippen LogP) is 4.62. The normalized spacial score (nSPS) is 11.3. The van der Waals surface area contributed by atoms with E-state index in [9.17, 15) is 0 Å². The molecule has 0 aliphatic heterocycles. The zero-order valence-corrected chi connectivity index (χ0v) is 12.5. The first-order valence-corrected chi connectivity index (χ1v) is 7.46. The molecule has 0 radical (unpaired) electrons. The minimum Gasteiger partial charge on any atom is -0.493 e. The van der Waals surface area contributed by atoms with Crippen molar-refractivity contribution in [1.29, 1.82) is 0 Å². The van der Waals surface area contributed by atoms with Crippen LogP contribution in [0.3, 0.4) is 0 Å². The highest BCUT2D eigenvalue weighted by Crippen LogP contribution is 2.42. The van der Waals surface area contributed by atoms with Gasteiger partial charge in [-0.1, -0.05) is 18.2 Å². The van der Waals surface area contributed by atoms with E-state index in [0.717, 1.165) is 27.8 Å². The summed E-state index contributed by atoms with van der Waals surface area (Å²) < 4.78 is 13.3. The summed E-state index contributed by atoms with van der Waals surface area (Å²) in [7, 11) is 3.31. The third-order valence-corrected chi connectivity index (χ3v) is 4.91. The summed E-state index contributed by atoms with van der Waals surface area (Å²) in [4.78, 5) is 4.66. The van der Waals surface area contributed by atoms with Gasteiger partial charge in [0.15, 0.2) is 11.5 Å². The molecule has 104 valence electrons. The third kappa shape index (κ3) is 1.69. The van der Waals surface area contributed by atoms with Gasteiger partial charge in [0.05, 0.1) is 24.4 Å². The van der Waals surface area contributed by atoms with E-state index in [0.29, 0.717) is 0 Å². The molecule has 3 nitrogen and oxygen atoms in total. The summed E-state index contributed by atoms with van der Waals surface area (Å²) in [6.07, 6.45) is 1.87. The number of ether oxygens (including phenoxy) is 2. The number of methoxy groups -OCH3 is 2. The summed E-state index contributed by atoms with van der Waals surface area (Å²) in [5.41, 5.74) is 1.05. The molecule has 0 amide bonds. The molecule has 0 saturated carbocycles. The van der Waals surface area contributed by atoms with Gasteiger partial charge in [-0.3, -0.25) is 4.98 Å². The van der Waals surface area contributed by atoms with Crippen LogP contribution in [-0.2, 0) is 0 Å². The Balaban J connectivity index is 2.19. The number of hydrogen-bond donors (Lipinski definition) is 0. The molecule has 4 aromatic rings. The van der Waals surface area contributed by atoms with Gasteiger partial charge in [0.1, 0.15) is 0 Å². The maximum Gasteiger partial charge on any atom is 0.170 e. The van der Waals surface area contributed by atoms with Gasteiger partial charge < -0.3 is 9.47 Å². The summed E-state index contributed by atoms with van der Waals surface area (Å²) in [6, 6.07) is 12.4. The number of fused-ring (bicyclic) bond motifs is 5. The van der Waals surface area contributed by atoms with Crippen LogP contribution in [0.15, 0.2) is 42.6 Å². The fourth-order valence-electron chi connectivity index (χ4n) is 2.75. The van der Waals surface area contributed by atoms with E-state index >= 15 is 0 Å². The van der Waals surface area contributed by atoms with E-state index in [2.05, 4.69) is 35.3 Å². The SMILES string of the molecule is COc1ccc2c(cnc3c4ccccc4sc23)c1OC. The van der Waals surface area contributed by atoms with Crippen molar-refractivity contribution in [2.24, 2.45) is 0 Å². The lowest BCUT2D eigenvalue weighted by Gasteiger charge is -2.10. The van der Waals surface area contributed by atoms with Crippen molar-refractivity contribution in [2.45, 2.75) is 0 Å². The maximum atomic E-state index is 5.51. The molecule has 0 N–H and O–H groups in total. The molecule has 0 saturated heterocycles. The molecule has 0 fully saturated rings. The van der Waals surface area contributed by atoms with Crippen molar-refractivity contribution in [1.82, 2.24) is 4.98 Å². The van der Waals surface area contributed by atoms with E-state index in [1.807, 2.05) is 12.3 Å². The molecule has 0 aliphatic rings. The lowest BCUT2D eigenvalue weighted by molar-refractivity contribution is 0.358. The number of benzene rings is 2. The van der Waals surface area contributed by atoms with Crippen LogP contribution in [0.4, 0.5) is 0 Å². The zero-order valence-electron chi connectivity index (χ0n) is 11.7. The molecule has 0 atom stereocenters. The molecular formula is C17H13NO2S. The van der Waals surface area contributed by atoms with Crippen LogP contribution >= 0.6 is 11.3 Å². The van der Waals surface area contributed by atoms with Crippen molar-refractivity contribution in [3.63, 3.8) is 0 Å². The second-order valence-corrected chi connectivity index (χ2v) is 5.85. The standard InChI is InChI=1S/C17H13NO2S/c1-19-13-8-7-10-12(16(13)20-2)9-18-15-11-5-3-4-6-14(11)21-17(10)15/h3-9H,1-2H3. The fourth-order valence-corrected chi connectivity index (χ4v) is 3.94. The first-order chi connectivity index (χ1) is 10.3. The molecule has 4 rings (SSSR count). The smallest absolute Gasteiger partial charge is 0.170 e. The maximum absolute atomic E-state index is 5.51. The van der Waals surface area contributed by atoms with Crippen molar-refractivity contribution in [2.75, 3.05) is 14.2 Å². The Hall–Kier alpha value is -2.33. The minimum absolute atomic E-state index is 0.729. The summed E-state index contributed by atoms with van der Waals surface area (Å²) in [5.74, 6) is 1.47. The average Bonchev–Trinajstić information content (AvgIpc) is 2.92. The molecule has 0 unspecified atom stereocenters. The number of nitrogens with zero attached hydrogens (tertiary/aromatic N) is 1. The first-order valence-electron chi connectivity index (χ1n) is 6.64. The van der Waals surface area contributed by atoms with Gasteiger partial charge in [-0.2, -0.15) is 0 Å². The van der Waals surface area contributed by atoms with E-state index in [4.69, 9.17) is 9.47 Å². The van der Waals surface area contributed by atoms with Crippen LogP contribution in [-0.4, -0.2) is 19.2 Å². The highest BCUT2D eigenvalue weighted by molar-refractivity contribution is 7.26. The monoisotopic (exact) mass is 295 g/mol. The summed E-state index contributed by atoms with van der Waals surface area (Å²) in [6.45, 7) is 0. The van der Waals surface area contributed by atoms with E-state index in [1.165, 1.54) is 14.8 Å². The van der Waals surface area contributed by atoms with Crippen LogP contribution in [0.1, 0.15) is 0 Å². The van der Waals surface area contributed by atoms with Crippen LogP contribution in [0, 0.1) is 0 Å². The van der Waals surface area contributed by atoms with Crippen molar-refractivity contribution < 1.29 is 9.47 Å². The van der Waals surface area contributed by atoms with Gasteiger partial charge >= 0.3 is 0 Å². The molecule has 21 heavy (non-hydrogen) atoms. The Bertz CT molecular complexity index is 975. The predicted molar refractivity (Wildman–Crippen MR) is 87.7 cm³/mol. The van der Waals surface area contributed by atoms with Gasteiger partial charge in [0, 0.05) is 27.1 Å². The molecule has 0 aliphatic carbocycles. The lowest BCUT2D eigenvalue weighted by Crippen LogP contribution is -1.92. The number of rotatable bonds is 2. The Morgan fingerprint density at radius 1 is 0.905 bits per heavy atom. The van der Waals surface area contributed by atoms with Gasteiger partial charge in [0.2, 0.25) is 0 Å². The Morgan fingerprint density at radius 2 is 1.76 bits per heavy atom. The summed E-state index contributed by atoms with van der Waals surface area (Å²) >= 11 is 1.76. The largest absolute Gasteiger partial charge is 0.493 e. The van der Waals surface area contributed by atoms with E-state index in [-0.39, 0.29) is 0 Å². The van der Waals surface area contributed by atoms with Crippen molar-refractivity contribution in [3.8, 4) is 11.5 Å². The van der Waals surface area contributed by atoms with Crippen LogP contribution in [0.25, 0.3) is 31.1 Å². The van der Waals surface area contributed by atoms with Crippen LogP contribution in [0.5, 0.6) is 11.5 Å². The summed E-state index contributed by atoms with van der Waals surface area (Å²) in [5, 5.41) is 3.34. The van der Waals surface area contributed by atoms with Crippen molar-refractivity contribution in [3.05, 3.63) is 42.6 Å². The highest BCUT2D eigenvalue weighted by atomic mass is 32.1. The average molecular weight is 295 g/mol. The van der Waals surface area contributed by atoms with Crippen LogP contribution < -0.4 is 9.47 Å². The number of pyridine rings is 1. The zero-order chi connectivity index (χ0) is 14.4. The Morgan fingerprint density at radius 3 is 2.57 bits per heavy atom. The van der Waals surface area contributed by atoms with Gasteiger partial charge in [-0.25, -0.2) is 0 Å². The quantitative estimate of drug-likeness (QED) is 0.540. The molecule has 2 heterocycles. The first kappa shape index (κ1) is 12.4. The number of aromatic nitrogens is 1. The number of thiophene rings is 1. The number of hydrogen-bond acceptors (Lipinski definition) is 4. The minimum atomic E-state index is 0.729. The molecular weight excluding hydrogens is 282 g/mol. The second kappa shape index (κ2) is 4.60. The molecule has 4 heteroatoms. The topological polar surface area (TPSA) is 31.4 Å². The highest BCUT2D eigenvalue weighted by Gasteiger charge is 2.14. The van der Waals surface area contributed by atoms with E-state index in [1.54, 1.807) is 25.6 Å². The van der Waals surface area contributed by atoms with Crippen molar-refractivity contribution >= 4 is 42.4 Å².